The smallest absolute Gasteiger partial charge is 0.331 e. The summed E-state index contributed by atoms with van der Waals surface area (Å²) < 4.78 is 19.0. The Hall–Kier alpha value is -2.70. The first kappa shape index (κ1) is 14.7. The average molecular weight is 291 g/mol. The van der Waals surface area contributed by atoms with Crippen molar-refractivity contribution in [3.63, 3.8) is 0 Å². The van der Waals surface area contributed by atoms with Gasteiger partial charge < -0.3 is 10.1 Å². The van der Waals surface area contributed by atoms with Crippen molar-refractivity contribution in [2.45, 2.75) is 13.8 Å². The quantitative estimate of drug-likeness (QED) is 0.672. The van der Waals surface area contributed by atoms with Crippen LogP contribution in [0.5, 0.6) is 11.6 Å². The number of pyridine rings is 1. The van der Waals surface area contributed by atoms with Crippen LogP contribution in [0, 0.1) is 22.9 Å². The van der Waals surface area contributed by atoms with Crippen LogP contribution in [0.15, 0.2) is 30.3 Å². The number of aromatic nitrogens is 1. The number of aryl methyl sites for hydroxylation is 1. The van der Waals surface area contributed by atoms with Crippen molar-refractivity contribution in [2.24, 2.45) is 0 Å². The highest BCUT2D eigenvalue weighted by Gasteiger charge is 2.19. The molecule has 0 aliphatic rings. The number of hydrogen-bond acceptors (Lipinski definition) is 5. The van der Waals surface area contributed by atoms with Gasteiger partial charge in [0.15, 0.2) is 11.6 Å². The number of nitrogens with one attached hydrogen (secondary N) is 1. The van der Waals surface area contributed by atoms with Crippen LogP contribution in [-0.4, -0.2) is 16.5 Å². The summed E-state index contributed by atoms with van der Waals surface area (Å²) in [7, 11) is 0. The van der Waals surface area contributed by atoms with Gasteiger partial charge in [0.25, 0.3) is 0 Å². The van der Waals surface area contributed by atoms with Crippen molar-refractivity contribution >= 4 is 11.5 Å². The molecule has 2 aromatic rings. The SMILES string of the molecule is CCNc1ccc([N+](=O)[O-])c(Oc2cc(C)ccc2F)n1. The Morgan fingerprint density at radius 1 is 1.38 bits per heavy atom. The first-order chi connectivity index (χ1) is 10.0. The lowest BCUT2D eigenvalue weighted by Crippen LogP contribution is -2.03. The van der Waals surface area contributed by atoms with Crippen LogP contribution in [0.1, 0.15) is 12.5 Å². The van der Waals surface area contributed by atoms with Gasteiger partial charge in [-0.1, -0.05) is 6.07 Å². The Kier molecular flexibility index (Phi) is 4.32. The van der Waals surface area contributed by atoms with Gasteiger partial charge in [0.1, 0.15) is 5.82 Å². The van der Waals surface area contributed by atoms with E-state index in [1.807, 2.05) is 6.92 Å². The fourth-order valence-electron chi connectivity index (χ4n) is 1.72. The summed E-state index contributed by atoms with van der Waals surface area (Å²) in [5, 5.41) is 13.9. The highest BCUT2D eigenvalue weighted by Crippen LogP contribution is 2.32. The zero-order chi connectivity index (χ0) is 15.4. The van der Waals surface area contributed by atoms with Gasteiger partial charge in [0, 0.05) is 12.6 Å². The molecule has 0 spiro atoms. The fourth-order valence-corrected chi connectivity index (χ4v) is 1.72. The minimum absolute atomic E-state index is 0.0979. The molecule has 0 atom stereocenters. The van der Waals surface area contributed by atoms with Crippen LogP contribution in [0.3, 0.4) is 0 Å². The second-order valence-corrected chi connectivity index (χ2v) is 4.34. The van der Waals surface area contributed by atoms with Crippen molar-refractivity contribution in [3.05, 3.63) is 51.8 Å². The van der Waals surface area contributed by atoms with Gasteiger partial charge in [0.05, 0.1) is 4.92 Å². The molecule has 0 saturated heterocycles. The van der Waals surface area contributed by atoms with Gasteiger partial charge in [0.2, 0.25) is 0 Å². The van der Waals surface area contributed by atoms with E-state index in [4.69, 9.17) is 4.74 Å². The molecule has 1 heterocycles. The van der Waals surface area contributed by atoms with E-state index in [0.717, 1.165) is 5.56 Å². The van der Waals surface area contributed by atoms with E-state index < -0.39 is 10.7 Å². The van der Waals surface area contributed by atoms with Crippen LogP contribution < -0.4 is 10.1 Å². The minimum Gasteiger partial charge on any atom is -0.430 e. The van der Waals surface area contributed by atoms with Gasteiger partial charge in [-0.15, -0.1) is 0 Å². The number of hydrogen-bond donors (Lipinski definition) is 1. The van der Waals surface area contributed by atoms with Crippen LogP contribution in [0.2, 0.25) is 0 Å². The third-order valence-electron chi connectivity index (χ3n) is 2.69. The average Bonchev–Trinajstić information content (AvgIpc) is 2.43. The zero-order valence-corrected chi connectivity index (χ0v) is 11.6. The highest BCUT2D eigenvalue weighted by atomic mass is 19.1. The predicted octanol–water partition coefficient (Wildman–Crippen LogP) is 3.66. The number of rotatable bonds is 5. The second kappa shape index (κ2) is 6.17. The molecule has 0 saturated carbocycles. The van der Waals surface area contributed by atoms with Gasteiger partial charge in [-0.3, -0.25) is 10.1 Å². The highest BCUT2D eigenvalue weighted by molar-refractivity contribution is 5.50. The molecule has 0 bridgehead atoms. The number of nitrogens with zero attached hydrogens (tertiary/aromatic N) is 2. The topological polar surface area (TPSA) is 77.3 Å². The molecule has 0 aliphatic heterocycles. The Labute approximate surface area is 120 Å². The number of nitro groups is 1. The van der Waals surface area contributed by atoms with Crippen molar-refractivity contribution in [3.8, 4) is 11.6 Å². The third kappa shape index (κ3) is 3.44. The molecule has 110 valence electrons. The van der Waals surface area contributed by atoms with E-state index in [9.17, 15) is 14.5 Å². The maximum atomic E-state index is 13.7. The molecule has 21 heavy (non-hydrogen) atoms. The van der Waals surface area contributed by atoms with Crippen molar-refractivity contribution in [1.82, 2.24) is 4.98 Å². The number of benzene rings is 1. The largest absolute Gasteiger partial charge is 0.430 e. The molecule has 0 radical (unpaired) electrons. The van der Waals surface area contributed by atoms with E-state index >= 15 is 0 Å². The number of ether oxygens (including phenoxy) is 1. The molecule has 2 rings (SSSR count). The molecule has 1 N–H and O–H groups in total. The van der Waals surface area contributed by atoms with Crippen LogP contribution in [0.25, 0.3) is 0 Å². The predicted molar refractivity (Wildman–Crippen MR) is 76.3 cm³/mol. The summed E-state index contributed by atoms with van der Waals surface area (Å²) in [5.41, 5.74) is 0.453. The third-order valence-corrected chi connectivity index (χ3v) is 2.69. The Morgan fingerprint density at radius 2 is 2.14 bits per heavy atom. The van der Waals surface area contributed by atoms with E-state index in [1.54, 1.807) is 13.0 Å². The maximum absolute atomic E-state index is 13.7. The summed E-state index contributed by atoms with van der Waals surface area (Å²) in [5.74, 6) is -0.529. The molecular weight excluding hydrogens is 277 g/mol. The maximum Gasteiger partial charge on any atom is 0.331 e. The van der Waals surface area contributed by atoms with Crippen LogP contribution in [0.4, 0.5) is 15.9 Å². The van der Waals surface area contributed by atoms with Crippen LogP contribution in [-0.2, 0) is 0 Å². The minimum atomic E-state index is -0.619. The number of halogens is 1. The van der Waals surface area contributed by atoms with Crippen LogP contribution >= 0.6 is 0 Å². The van der Waals surface area contributed by atoms with Gasteiger partial charge >= 0.3 is 11.6 Å². The van der Waals surface area contributed by atoms with E-state index in [-0.39, 0.29) is 17.3 Å². The molecule has 7 heteroatoms. The first-order valence-electron chi connectivity index (χ1n) is 6.34. The molecular formula is C14H14FN3O3. The lowest BCUT2D eigenvalue weighted by atomic mass is 10.2. The van der Waals surface area contributed by atoms with Gasteiger partial charge in [-0.25, -0.2) is 4.39 Å². The molecule has 0 fully saturated rings. The first-order valence-corrected chi connectivity index (χ1v) is 6.34. The van der Waals surface area contributed by atoms with Gasteiger partial charge in [-0.2, -0.15) is 4.98 Å². The van der Waals surface area contributed by atoms with Crippen molar-refractivity contribution in [1.29, 1.82) is 0 Å². The Balaban J connectivity index is 2.43. The molecule has 6 nitrogen and oxygen atoms in total. The lowest BCUT2D eigenvalue weighted by molar-refractivity contribution is -0.386. The molecule has 0 unspecified atom stereocenters. The van der Waals surface area contributed by atoms with Gasteiger partial charge in [-0.05, 0) is 37.6 Å². The molecule has 1 aromatic carbocycles. The standard InChI is InChI=1S/C14H14FN3O3/c1-3-16-13-7-6-11(18(19)20)14(17-13)21-12-8-9(2)4-5-10(12)15/h4-8H,3H2,1-2H3,(H,16,17). The molecule has 0 amide bonds. The fraction of sp³-hybridized carbons (Fsp3) is 0.214. The normalized spacial score (nSPS) is 10.2. The monoisotopic (exact) mass is 291 g/mol. The van der Waals surface area contributed by atoms with E-state index in [0.29, 0.717) is 12.4 Å². The molecule has 0 aliphatic carbocycles. The lowest BCUT2D eigenvalue weighted by Gasteiger charge is -2.09. The Bertz CT molecular complexity index is 677. The Morgan fingerprint density at radius 3 is 2.81 bits per heavy atom. The van der Waals surface area contributed by atoms with Crippen molar-refractivity contribution in [2.75, 3.05) is 11.9 Å². The summed E-state index contributed by atoms with van der Waals surface area (Å²) in [6.07, 6.45) is 0. The summed E-state index contributed by atoms with van der Waals surface area (Å²) in [6, 6.07) is 7.03. The van der Waals surface area contributed by atoms with E-state index in [2.05, 4.69) is 10.3 Å². The van der Waals surface area contributed by atoms with E-state index in [1.165, 1.54) is 24.3 Å². The number of anilines is 1. The molecule has 1 aromatic heterocycles. The second-order valence-electron chi connectivity index (χ2n) is 4.34. The summed E-state index contributed by atoms with van der Waals surface area (Å²) in [4.78, 5) is 14.4. The summed E-state index contributed by atoms with van der Waals surface area (Å²) >= 11 is 0. The zero-order valence-electron chi connectivity index (χ0n) is 11.6. The summed E-state index contributed by atoms with van der Waals surface area (Å²) in [6.45, 7) is 4.23. The van der Waals surface area contributed by atoms with Crippen molar-refractivity contribution < 1.29 is 14.1 Å².